The number of amides is 3. The molecular weight excluding hydrogens is 614 g/mol. The van der Waals surface area contributed by atoms with Crippen LogP contribution in [0.4, 0.5) is 0 Å². The first-order valence-electron chi connectivity index (χ1n) is 16.9. The number of aryl methyl sites for hydroxylation is 1. The fourth-order valence-corrected chi connectivity index (χ4v) is 6.71. The third-order valence-electron chi connectivity index (χ3n) is 9.55. The molecule has 2 fully saturated rings. The summed E-state index contributed by atoms with van der Waals surface area (Å²) in [6.07, 6.45) is 6.10. The van der Waals surface area contributed by atoms with Gasteiger partial charge in [0.25, 0.3) is 5.91 Å². The third kappa shape index (κ3) is 7.96. The highest BCUT2D eigenvalue weighted by Crippen LogP contribution is 2.33. The Labute approximate surface area is 280 Å². The van der Waals surface area contributed by atoms with E-state index in [9.17, 15) is 14.4 Å². The van der Waals surface area contributed by atoms with E-state index in [2.05, 4.69) is 15.6 Å². The second-order valence-electron chi connectivity index (χ2n) is 12.9. The molecule has 3 amide bonds. The Hall–Kier alpha value is -4.49. The van der Waals surface area contributed by atoms with Gasteiger partial charge in [-0.3, -0.25) is 14.4 Å². The van der Waals surface area contributed by atoms with E-state index < -0.39 is 6.10 Å². The lowest BCUT2D eigenvalue weighted by atomic mass is 9.92. The predicted molar refractivity (Wildman–Crippen MR) is 177 cm³/mol. The molecule has 1 aromatic heterocycles. The zero-order valence-electron chi connectivity index (χ0n) is 27.7. The summed E-state index contributed by atoms with van der Waals surface area (Å²) in [6, 6.07) is 13.2. The van der Waals surface area contributed by atoms with Crippen LogP contribution in [0.3, 0.4) is 0 Å². The zero-order valence-corrected chi connectivity index (χ0v) is 27.7. The van der Waals surface area contributed by atoms with Gasteiger partial charge in [0.05, 0.1) is 44.6 Å². The second-order valence-corrected chi connectivity index (χ2v) is 12.9. The number of methoxy groups -OCH3 is 1. The van der Waals surface area contributed by atoms with E-state index in [-0.39, 0.29) is 67.7 Å². The van der Waals surface area contributed by atoms with E-state index in [1.165, 1.54) is 0 Å². The molecule has 3 heterocycles. The number of ether oxygens (including phenoxy) is 3. The first kappa shape index (κ1) is 33.4. The number of aromatic nitrogens is 3. The summed E-state index contributed by atoms with van der Waals surface area (Å²) in [7, 11) is 1.59. The topological polar surface area (TPSA) is 154 Å². The van der Waals surface area contributed by atoms with Crippen molar-refractivity contribution in [3.63, 3.8) is 0 Å². The number of hydrogen-bond donors (Lipinski definition) is 2. The zero-order chi connectivity index (χ0) is 33.6. The lowest BCUT2D eigenvalue weighted by Gasteiger charge is -2.38. The lowest BCUT2D eigenvalue weighted by Crippen LogP contribution is -2.57. The highest BCUT2D eigenvalue weighted by Gasteiger charge is 2.35. The number of nitrogens with one attached hydrogen (secondary N) is 1. The average Bonchev–Trinajstić information content (AvgIpc) is 3.59. The summed E-state index contributed by atoms with van der Waals surface area (Å²) in [5.41, 5.74) is 8.15. The van der Waals surface area contributed by atoms with Gasteiger partial charge in [-0.05, 0) is 80.8 Å². The lowest BCUT2D eigenvalue weighted by molar-refractivity contribution is -0.136. The number of benzene rings is 2. The highest BCUT2D eigenvalue weighted by molar-refractivity contribution is 5.92. The van der Waals surface area contributed by atoms with Crippen molar-refractivity contribution in [2.75, 3.05) is 33.3 Å². The van der Waals surface area contributed by atoms with Crippen molar-refractivity contribution in [3.05, 3.63) is 65.5 Å². The van der Waals surface area contributed by atoms with Crippen molar-refractivity contribution < 1.29 is 28.6 Å². The molecule has 3 aliphatic rings. The highest BCUT2D eigenvalue weighted by atomic mass is 16.5. The van der Waals surface area contributed by atoms with E-state index in [0.29, 0.717) is 43.2 Å². The van der Waals surface area contributed by atoms with Crippen LogP contribution in [0.25, 0.3) is 0 Å². The quantitative estimate of drug-likeness (QED) is 0.430. The van der Waals surface area contributed by atoms with Crippen molar-refractivity contribution in [2.45, 2.75) is 82.7 Å². The summed E-state index contributed by atoms with van der Waals surface area (Å²) >= 11 is 0. The van der Waals surface area contributed by atoms with Crippen LogP contribution in [-0.2, 0) is 27.4 Å². The van der Waals surface area contributed by atoms with E-state index in [4.69, 9.17) is 19.9 Å². The number of likely N-dealkylation sites (N-methyl/N-ethyl adjacent to an activating group) is 1. The standard InChI is InChI=1S/C35H45N7O6/c1-3-40-21-33(43)37-28-15-16-41(35(45)29-19-42(39-38-29)26-11-9-25(36)10-12-26)20-32(28)47-22-24-5-4-6-27(17-24)48-31-18-23(8-14-34(40)44)7-13-30(31)46-2/h4-7,13,17-19,25-26,28,32H,3,8-12,14-16,20-22,36H2,1-2H3,(H,37,43)/t25?,26?,28-,32-/m0/s1. The van der Waals surface area contributed by atoms with Gasteiger partial charge in [0.2, 0.25) is 11.8 Å². The van der Waals surface area contributed by atoms with Crippen LogP contribution in [0, 0.1) is 0 Å². The molecule has 0 spiro atoms. The van der Waals surface area contributed by atoms with Gasteiger partial charge < -0.3 is 35.1 Å². The van der Waals surface area contributed by atoms with Gasteiger partial charge in [0.15, 0.2) is 17.2 Å². The Bertz CT molecular complexity index is 1600. The van der Waals surface area contributed by atoms with Crippen LogP contribution >= 0.6 is 0 Å². The number of nitrogens with zero attached hydrogens (tertiary/aromatic N) is 5. The van der Waals surface area contributed by atoms with Crippen LogP contribution in [0.1, 0.15) is 73.1 Å². The summed E-state index contributed by atoms with van der Waals surface area (Å²) in [6.45, 7) is 3.10. The van der Waals surface area contributed by atoms with Gasteiger partial charge in [-0.25, -0.2) is 4.68 Å². The van der Waals surface area contributed by atoms with E-state index in [0.717, 1.165) is 36.8 Å². The minimum Gasteiger partial charge on any atom is -0.493 e. The molecule has 2 aliphatic heterocycles. The maximum atomic E-state index is 13.6. The summed E-state index contributed by atoms with van der Waals surface area (Å²) in [5, 5.41) is 11.6. The van der Waals surface area contributed by atoms with Crippen molar-refractivity contribution in [1.82, 2.24) is 30.1 Å². The van der Waals surface area contributed by atoms with Gasteiger partial charge in [0, 0.05) is 32.1 Å². The summed E-state index contributed by atoms with van der Waals surface area (Å²) in [5.74, 6) is 1.12. The molecule has 4 bridgehead atoms. The van der Waals surface area contributed by atoms with Crippen LogP contribution in [0.15, 0.2) is 48.7 Å². The number of carbonyl (C=O) groups is 3. The number of fused-ring (bicyclic) bond motifs is 5. The third-order valence-corrected chi connectivity index (χ3v) is 9.55. The van der Waals surface area contributed by atoms with Crippen molar-refractivity contribution in [2.24, 2.45) is 5.73 Å². The molecule has 256 valence electrons. The first-order chi connectivity index (χ1) is 23.3. The Morgan fingerprint density at radius 3 is 2.69 bits per heavy atom. The average molecular weight is 660 g/mol. The number of hydrogen-bond acceptors (Lipinski definition) is 9. The molecule has 6 rings (SSSR count). The van der Waals surface area contributed by atoms with E-state index >= 15 is 0 Å². The molecule has 2 atom stereocenters. The van der Waals surface area contributed by atoms with Crippen molar-refractivity contribution in [3.8, 4) is 17.2 Å². The number of nitrogens with two attached hydrogens (primary N) is 1. The van der Waals surface area contributed by atoms with E-state index in [1.54, 1.807) is 27.8 Å². The molecule has 13 heteroatoms. The van der Waals surface area contributed by atoms with Crippen LogP contribution < -0.4 is 20.5 Å². The molecule has 0 unspecified atom stereocenters. The van der Waals surface area contributed by atoms with Gasteiger partial charge >= 0.3 is 0 Å². The fraction of sp³-hybridized carbons (Fsp3) is 0.514. The second kappa shape index (κ2) is 15.2. The largest absolute Gasteiger partial charge is 0.493 e. The summed E-state index contributed by atoms with van der Waals surface area (Å²) in [4.78, 5) is 43.4. The summed E-state index contributed by atoms with van der Waals surface area (Å²) < 4.78 is 20.0. The Morgan fingerprint density at radius 1 is 1.06 bits per heavy atom. The number of likely N-dealkylation sites (tertiary alicyclic amines) is 1. The van der Waals surface area contributed by atoms with Crippen molar-refractivity contribution >= 4 is 17.7 Å². The molecule has 13 nitrogen and oxygen atoms in total. The Kier molecular flexibility index (Phi) is 10.6. The van der Waals surface area contributed by atoms with Crippen LogP contribution in [0.5, 0.6) is 17.2 Å². The predicted octanol–water partition coefficient (Wildman–Crippen LogP) is 3.23. The maximum absolute atomic E-state index is 13.6. The van der Waals surface area contributed by atoms with Gasteiger partial charge in [-0.15, -0.1) is 5.10 Å². The molecule has 2 aromatic carbocycles. The monoisotopic (exact) mass is 659 g/mol. The van der Waals surface area contributed by atoms with Gasteiger partial charge in [-0.1, -0.05) is 23.4 Å². The van der Waals surface area contributed by atoms with E-state index in [1.807, 2.05) is 49.4 Å². The number of carbonyl (C=O) groups excluding carboxylic acids is 3. The molecule has 1 saturated heterocycles. The SMILES string of the molecule is CCN1CC(=O)N[C@H]2CCN(C(=O)c3cn(C4CCC(N)CC4)nn3)C[C@@H]2OCc2cccc(c2)Oc2cc(ccc2OC)CCC1=O. The normalized spacial score (nSPS) is 24.1. The minimum absolute atomic E-state index is 0.0601. The Balaban J connectivity index is 1.22. The maximum Gasteiger partial charge on any atom is 0.276 e. The smallest absolute Gasteiger partial charge is 0.276 e. The van der Waals surface area contributed by atoms with Crippen LogP contribution in [-0.4, -0.2) is 94.0 Å². The molecule has 3 N–H and O–H groups in total. The Morgan fingerprint density at radius 2 is 1.90 bits per heavy atom. The minimum atomic E-state index is -0.507. The van der Waals surface area contributed by atoms with Gasteiger partial charge in [-0.2, -0.15) is 0 Å². The molecule has 3 aromatic rings. The molecule has 0 radical (unpaired) electrons. The number of rotatable bonds is 4. The van der Waals surface area contributed by atoms with Crippen molar-refractivity contribution in [1.29, 1.82) is 0 Å². The number of piperidine rings is 1. The molecular formula is C35H45N7O6. The van der Waals surface area contributed by atoms with Crippen LogP contribution in [0.2, 0.25) is 0 Å². The first-order valence-corrected chi connectivity index (χ1v) is 16.9. The molecule has 1 aliphatic carbocycles. The molecule has 1 saturated carbocycles. The van der Waals surface area contributed by atoms with Gasteiger partial charge in [0.1, 0.15) is 5.75 Å². The fourth-order valence-electron chi connectivity index (χ4n) is 6.71. The molecule has 48 heavy (non-hydrogen) atoms.